The van der Waals surface area contributed by atoms with Crippen LogP contribution in [0.4, 0.5) is 17.6 Å². The number of alkyl halides is 4. The Morgan fingerprint density at radius 2 is 2.19 bits per heavy atom. The van der Waals surface area contributed by atoms with E-state index in [0.29, 0.717) is 0 Å². The molecule has 90 valence electrons. The molecule has 1 heterocycles. The minimum Gasteiger partial charge on any atom is -0.470 e. The molecule has 0 aliphatic carbocycles. The van der Waals surface area contributed by atoms with Crippen LogP contribution in [0.25, 0.3) is 0 Å². The Hall–Kier alpha value is -0.870. The van der Waals surface area contributed by atoms with Crippen molar-refractivity contribution in [3.63, 3.8) is 0 Å². The fourth-order valence-corrected chi connectivity index (χ4v) is 1.15. The topological polar surface area (TPSA) is 55.0 Å². The molecular formula is C7H5F4IN2O2. The molecule has 0 saturated heterocycles. The van der Waals surface area contributed by atoms with Crippen LogP contribution in [-0.2, 0) is 0 Å². The molecule has 1 aromatic rings. The van der Waals surface area contributed by atoms with Crippen LogP contribution < -0.4 is 10.3 Å². The second-order valence-electron chi connectivity index (χ2n) is 2.70. The third-order valence-electron chi connectivity index (χ3n) is 1.49. The molecule has 1 rings (SSSR count). The normalized spacial score (nSPS) is 11.9. The van der Waals surface area contributed by atoms with E-state index in [1.165, 1.54) is 22.6 Å². The van der Waals surface area contributed by atoms with Gasteiger partial charge in [0.1, 0.15) is 3.57 Å². The first-order valence-corrected chi connectivity index (χ1v) is 4.94. The van der Waals surface area contributed by atoms with E-state index in [9.17, 15) is 22.4 Å². The molecule has 0 radical (unpaired) electrons. The molecule has 0 aromatic carbocycles. The van der Waals surface area contributed by atoms with Crippen LogP contribution in [0.1, 0.15) is 0 Å². The average Bonchev–Trinajstić information content (AvgIpc) is 2.20. The molecule has 0 atom stereocenters. The van der Waals surface area contributed by atoms with Crippen LogP contribution in [0.5, 0.6) is 5.88 Å². The third kappa shape index (κ3) is 3.06. The summed E-state index contributed by atoms with van der Waals surface area (Å²) in [5, 5.41) is 0. The first kappa shape index (κ1) is 13.2. The third-order valence-corrected chi connectivity index (χ3v) is 2.44. The number of hydrogen-bond acceptors (Lipinski definition) is 3. The van der Waals surface area contributed by atoms with Crippen molar-refractivity contribution in [3.05, 3.63) is 20.3 Å². The van der Waals surface area contributed by atoms with E-state index in [2.05, 4.69) is 14.7 Å². The Morgan fingerprint density at radius 1 is 1.56 bits per heavy atom. The zero-order chi connectivity index (χ0) is 12.3. The molecule has 4 nitrogen and oxygen atoms in total. The van der Waals surface area contributed by atoms with Crippen molar-refractivity contribution in [2.75, 3.05) is 6.61 Å². The van der Waals surface area contributed by atoms with Crippen LogP contribution in [0.2, 0.25) is 0 Å². The number of nitrogens with zero attached hydrogens (tertiary/aromatic N) is 1. The van der Waals surface area contributed by atoms with Gasteiger partial charge in [0.25, 0.3) is 5.56 Å². The second kappa shape index (κ2) is 4.97. The fourth-order valence-electron chi connectivity index (χ4n) is 0.695. The van der Waals surface area contributed by atoms with Crippen molar-refractivity contribution in [1.29, 1.82) is 0 Å². The number of aromatic nitrogens is 2. The van der Waals surface area contributed by atoms with Gasteiger partial charge in [-0.05, 0) is 22.6 Å². The van der Waals surface area contributed by atoms with E-state index in [1.54, 1.807) is 0 Å². The fraction of sp³-hybridized carbons (Fsp3) is 0.429. The van der Waals surface area contributed by atoms with Gasteiger partial charge in [0.05, 0.1) is 6.33 Å². The predicted octanol–water partition coefficient (Wildman–Crippen LogP) is 1.65. The molecule has 0 aliphatic heterocycles. The first-order chi connectivity index (χ1) is 7.34. The van der Waals surface area contributed by atoms with Gasteiger partial charge < -0.3 is 9.72 Å². The number of rotatable bonds is 4. The van der Waals surface area contributed by atoms with Crippen LogP contribution >= 0.6 is 22.6 Å². The maximum Gasteiger partial charge on any atom is 0.340 e. The highest BCUT2D eigenvalue weighted by molar-refractivity contribution is 14.1. The monoisotopic (exact) mass is 352 g/mol. The largest absolute Gasteiger partial charge is 0.470 e. The van der Waals surface area contributed by atoms with Gasteiger partial charge in [-0.2, -0.15) is 8.78 Å². The maximum absolute atomic E-state index is 12.5. The van der Waals surface area contributed by atoms with E-state index in [0.717, 1.165) is 6.33 Å². The van der Waals surface area contributed by atoms with Crippen molar-refractivity contribution >= 4 is 22.6 Å². The van der Waals surface area contributed by atoms with Crippen molar-refractivity contribution in [3.8, 4) is 5.88 Å². The van der Waals surface area contributed by atoms with Gasteiger partial charge in [0.2, 0.25) is 5.88 Å². The van der Waals surface area contributed by atoms with Crippen molar-refractivity contribution in [2.45, 2.75) is 12.3 Å². The Kier molecular flexibility index (Phi) is 4.10. The summed E-state index contributed by atoms with van der Waals surface area (Å²) in [7, 11) is 0. The molecule has 16 heavy (non-hydrogen) atoms. The summed E-state index contributed by atoms with van der Waals surface area (Å²) < 4.78 is 52.8. The van der Waals surface area contributed by atoms with Crippen LogP contribution in [0.3, 0.4) is 0 Å². The SMILES string of the molecule is O=c1[nH]cnc(OCC(F)(F)C(F)F)c1I. The number of nitrogens with one attached hydrogen (secondary N) is 1. The summed E-state index contributed by atoms with van der Waals surface area (Å²) in [4.78, 5) is 16.6. The zero-order valence-electron chi connectivity index (χ0n) is 7.52. The summed E-state index contributed by atoms with van der Waals surface area (Å²) >= 11 is 1.51. The van der Waals surface area contributed by atoms with Gasteiger partial charge in [-0.3, -0.25) is 4.79 Å². The number of aromatic amines is 1. The predicted molar refractivity (Wildman–Crippen MR) is 54.0 cm³/mol. The molecule has 0 unspecified atom stereocenters. The molecule has 0 saturated carbocycles. The molecule has 1 N–H and O–H groups in total. The molecule has 0 fully saturated rings. The Labute approximate surface area is 100 Å². The van der Waals surface area contributed by atoms with Gasteiger partial charge in [0, 0.05) is 0 Å². The van der Waals surface area contributed by atoms with Crippen molar-refractivity contribution in [1.82, 2.24) is 9.97 Å². The Balaban J connectivity index is 2.76. The molecule has 1 aromatic heterocycles. The van der Waals surface area contributed by atoms with Crippen LogP contribution in [0, 0.1) is 3.57 Å². The van der Waals surface area contributed by atoms with Crippen molar-refractivity contribution in [2.24, 2.45) is 0 Å². The number of hydrogen-bond donors (Lipinski definition) is 1. The summed E-state index contributed by atoms with van der Waals surface area (Å²) in [6.45, 7) is -1.53. The Bertz CT molecular complexity index is 423. The number of ether oxygens (including phenoxy) is 1. The summed E-state index contributed by atoms with van der Waals surface area (Å²) in [5.74, 6) is -4.67. The van der Waals surface area contributed by atoms with Gasteiger partial charge in [-0.25, -0.2) is 13.8 Å². The zero-order valence-corrected chi connectivity index (χ0v) is 9.67. The molecule has 0 bridgehead atoms. The first-order valence-electron chi connectivity index (χ1n) is 3.86. The van der Waals surface area contributed by atoms with Gasteiger partial charge in [0.15, 0.2) is 6.61 Å². The number of halogens is 5. The molecule has 0 aliphatic rings. The lowest BCUT2D eigenvalue weighted by molar-refractivity contribution is -0.148. The smallest absolute Gasteiger partial charge is 0.340 e. The number of H-pyrrole nitrogens is 1. The van der Waals surface area contributed by atoms with E-state index in [-0.39, 0.29) is 3.57 Å². The van der Waals surface area contributed by atoms with Crippen LogP contribution in [-0.4, -0.2) is 28.9 Å². The molecule has 0 spiro atoms. The lowest BCUT2D eigenvalue weighted by atomic mass is 10.4. The molecule has 0 amide bonds. The minimum absolute atomic E-state index is 0.0785. The molecule has 9 heteroatoms. The highest BCUT2D eigenvalue weighted by atomic mass is 127. The Morgan fingerprint density at radius 3 is 2.75 bits per heavy atom. The van der Waals surface area contributed by atoms with E-state index in [1.807, 2.05) is 0 Å². The summed E-state index contributed by atoms with van der Waals surface area (Å²) in [6, 6.07) is 0. The highest BCUT2D eigenvalue weighted by Crippen LogP contribution is 2.24. The van der Waals surface area contributed by atoms with Gasteiger partial charge in [-0.1, -0.05) is 0 Å². The lowest BCUT2D eigenvalue weighted by Crippen LogP contribution is -2.34. The highest BCUT2D eigenvalue weighted by Gasteiger charge is 2.42. The van der Waals surface area contributed by atoms with Gasteiger partial charge in [-0.15, -0.1) is 0 Å². The minimum atomic E-state index is -4.27. The van der Waals surface area contributed by atoms with Gasteiger partial charge >= 0.3 is 12.3 Å². The summed E-state index contributed by atoms with van der Waals surface area (Å²) in [5.41, 5.74) is -0.592. The van der Waals surface area contributed by atoms with Crippen LogP contribution in [0.15, 0.2) is 11.1 Å². The van der Waals surface area contributed by atoms with E-state index >= 15 is 0 Å². The second-order valence-corrected chi connectivity index (χ2v) is 3.78. The lowest BCUT2D eigenvalue weighted by Gasteiger charge is -2.15. The standard InChI is InChI=1S/C7H5F4IN2O2/c8-6(9)7(10,11)1-16-5-3(12)4(15)13-2-14-5/h2,6H,1H2,(H,13,14,15). The van der Waals surface area contributed by atoms with Crippen molar-refractivity contribution < 1.29 is 22.3 Å². The summed E-state index contributed by atoms with van der Waals surface area (Å²) in [6.07, 6.45) is -2.90. The van der Waals surface area contributed by atoms with E-state index in [4.69, 9.17) is 0 Å². The quantitative estimate of drug-likeness (QED) is 0.663. The maximum atomic E-state index is 12.5. The van der Waals surface area contributed by atoms with E-state index < -0.39 is 30.4 Å². The average molecular weight is 352 g/mol. The molecular weight excluding hydrogens is 347 g/mol.